The Bertz CT molecular complexity index is 430. The summed E-state index contributed by atoms with van der Waals surface area (Å²) in [5.74, 6) is 0.278. The molecule has 1 aliphatic rings. The van der Waals surface area contributed by atoms with Gasteiger partial charge in [-0.1, -0.05) is 24.3 Å². The zero-order valence-electron chi connectivity index (χ0n) is 11.4. The molecule has 0 saturated carbocycles. The highest BCUT2D eigenvalue weighted by molar-refractivity contribution is 5.80. The Morgan fingerprint density at radius 2 is 2.17 bits per heavy atom. The van der Waals surface area contributed by atoms with Gasteiger partial charge in [-0.25, -0.2) is 0 Å². The molecule has 3 atom stereocenters. The molecule has 1 aromatic carbocycles. The van der Waals surface area contributed by atoms with Crippen molar-refractivity contribution in [3.05, 3.63) is 35.4 Å². The number of carbonyl (C=O) groups excluding carboxylic acids is 1. The first-order valence-electron chi connectivity index (χ1n) is 6.69. The molecule has 3 heteroatoms. The van der Waals surface area contributed by atoms with Crippen LogP contribution in [0.4, 0.5) is 0 Å². The predicted octanol–water partition coefficient (Wildman–Crippen LogP) is 2.17. The van der Waals surface area contributed by atoms with Crippen LogP contribution in [0.15, 0.2) is 24.3 Å². The van der Waals surface area contributed by atoms with Crippen LogP contribution in [-0.2, 0) is 4.79 Å². The fourth-order valence-corrected chi connectivity index (χ4v) is 2.69. The van der Waals surface area contributed by atoms with E-state index in [1.165, 1.54) is 11.1 Å². The average molecular weight is 246 g/mol. The van der Waals surface area contributed by atoms with Crippen molar-refractivity contribution in [1.82, 2.24) is 10.6 Å². The van der Waals surface area contributed by atoms with Crippen molar-refractivity contribution in [3.8, 4) is 0 Å². The molecule has 1 heterocycles. The molecule has 1 fully saturated rings. The molecule has 1 aliphatic heterocycles. The Balaban J connectivity index is 2.01. The van der Waals surface area contributed by atoms with Crippen molar-refractivity contribution in [2.45, 2.75) is 39.3 Å². The largest absolute Gasteiger partial charge is 0.349 e. The molecule has 98 valence electrons. The van der Waals surface area contributed by atoms with Crippen molar-refractivity contribution in [3.63, 3.8) is 0 Å². The standard InChI is InChI=1S/C15H22N2O/c1-10-6-4-5-7-13(10)12(3)17-15(18)14-8-9-16-11(14)2/h4-7,11-12,14,16H,8-9H2,1-3H3,(H,17,18). The second-order valence-corrected chi connectivity index (χ2v) is 5.22. The molecule has 18 heavy (non-hydrogen) atoms. The number of amides is 1. The van der Waals surface area contributed by atoms with Gasteiger partial charge in [0.05, 0.1) is 12.0 Å². The number of nitrogens with one attached hydrogen (secondary N) is 2. The van der Waals surface area contributed by atoms with Crippen LogP contribution in [0.2, 0.25) is 0 Å². The first kappa shape index (κ1) is 13.1. The van der Waals surface area contributed by atoms with E-state index in [0.29, 0.717) is 0 Å². The molecule has 1 amide bonds. The molecule has 3 unspecified atom stereocenters. The summed E-state index contributed by atoms with van der Waals surface area (Å²) in [6.45, 7) is 7.15. The second-order valence-electron chi connectivity index (χ2n) is 5.22. The summed E-state index contributed by atoms with van der Waals surface area (Å²) in [4.78, 5) is 12.2. The van der Waals surface area contributed by atoms with Crippen LogP contribution in [0.3, 0.4) is 0 Å². The maximum Gasteiger partial charge on any atom is 0.225 e. The Kier molecular flexibility index (Phi) is 4.02. The number of aryl methyl sites for hydroxylation is 1. The van der Waals surface area contributed by atoms with Gasteiger partial charge in [-0.05, 0) is 44.9 Å². The van der Waals surface area contributed by atoms with E-state index in [1.807, 2.05) is 19.1 Å². The molecule has 0 aliphatic carbocycles. The average Bonchev–Trinajstić information content (AvgIpc) is 2.76. The van der Waals surface area contributed by atoms with E-state index in [1.54, 1.807) is 0 Å². The molecular weight excluding hydrogens is 224 g/mol. The summed E-state index contributed by atoms with van der Waals surface area (Å²) in [5, 5.41) is 6.44. The van der Waals surface area contributed by atoms with Crippen molar-refractivity contribution >= 4 is 5.91 Å². The Morgan fingerprint density at radius 1 is 1.44 bits per heavy atom. The lowest BCUT2D eigenvalue weighted by atomic mass is 9.98. The maximum absolute atomic E-state index is 12.2. The summed E-state index contributed by atoms with van der Waals surface area (Å²) in [5.41, 5.74) is 2.42. The van der Waals surface area contributed by atoms with E-state index in [-0.39, 0.29) is 23.9 Å². The highest BCUT2D eigenvalue weighted by Gasteiger charge is 2.30. The van der Waals surface area contributed by atoms with Crippen LogP contribution in [0.25, 0.3) is 0 Å². The third kappa shape index (κ3) is 2.72. The minimum Gasteiger partial charge on any atom is -0.349 e. The van der Waals surface area contributed by atoms with Crippen LogP contribution >= 0.6 is 0 Å². The van der Waals surface area contributed by atoms with E-state index < -0.39 is 0 Å². The Labute approximate surface area is 109 Å². The van der Waals surface area contributed by atoms with E-state index in [9.17, 15) is 4.79 Å². The third-order valence-electron chi connectivity index (χ3n) is 3.88. The molecule has 2 N–H and O–H groups in total. The summed E-state index contributed by atoms with van der Waals surface area (Å²) in [6.07, 6.45) is 0.938. The molecule has 1 aromatic rings. The van der Waals surface area contributed by atoms with Gasteiger partial charge in [0.1, 0.15) is 0 Å². The molecule has 2 rings (SSSR count). The van der Waals surface area contributed by atoms with Crippen molar-refractivity contribution in [1.29, 1.82) is 0 Å². The highest BCUT2D eigenvalue weighted by Crippen LogP contribution is 2.20. The van der Waals surface area contributed by atoms with Crippen LogP contribution in [0, 0.1) is 12.8 Å². The van der Waals surface area contributed by atoms with Crippen LogP contribution in [0.1, 0.15) is 37.4 Å². The predicted molar refractivity (Wildman–Crippen MR) is 73.3 cm³/mol. The van der Waals surface area contributed by atoms with Gasteiger partial charge in [0.15, 0.2) is 0 Å². The summed E-state index contributed by atoms with van der Waals surface area (Å²) < 4.78 is 0. The summed E-state index contributed by atoms with van der Waals surface area (Å²) in [6, 6.07) is 8.57. The molecule has 0 aromatic heterocycles. The first-order valence-corrected chi connectivity index (χ1v) is 6.69. The van der Waals surface area contributed by atoms with Crippen LogP contribution in [0.5, 0.6) is 0 Å². The van der Waals surface area contributed by atoms with Crippen molar-refractivity contribution in [2.24, 2.45) is 5.92 Å². The lowest BCUT2D eigenvalue weighted by molar-refractivity contribution is -0.125. The lowest BCUT2D eigenvalue weighted by Crippen LogP contribution is -2.38. The van der Waals surface area contributed by atoms with E-state index >= 15 is 0 Å². The molecule has 0 spiro atoms. The highest BCUT2D eigenvalue weighted by atomic mass is 16.2. The normalized spacial score (nSPS) is 24.8. The van der Waals surface area contributed by atoms with Crippen molar-refractivity contribution < 1.29 is 4.79 Å². The third-order valence-corrected chi connectivity index (χ3v) is 3.88. The molecule has 1 saturated heterocycles. The van der Waals surface area contributed by atoms with Gasteiger partial charge < -0.3 is 10.6 Å². The second kappa shape index (κ2) is 5.53. The fourth-order valence-electron chi connectivity index (χ4n) is 2.69. The van der Waals surface area contributed by atoms with Gasteiger partial charge >= 0.3 is 0 Å². The smallest absolute Gasteiger partial charge is 0.225 e. The minimum atomic E-state index is 0.0755. The topological polar surface area (TPSA) is 41.1 Å². The molecule has 0 radical (unpaired) electrons. The summed E-state index contributed by atoms with van der Waals surface area (Å²) in [7, 11) is 0. The van der Waals surface area contributed by atoms with Crippen LogP contribution in [-0.4, -0.2) is 18.5 Å². The van der Waals surface area contributed by atoms with Crippen LogP contribution < -0.4 is 10.6 Å². The van der Waals surface area contributed by atoms with Gasteiger partial charge in [-0.2, -0.15) is 0 Å². The number of hydrogen-bond acceptors (Lipinski definition) is 2. The number of benzene rings is 1. The van der Waals surface area contributed by atoms with E-state index in [4.69, 9.17) is 0 Å². The van der Waals surface area contributed by atoms with E-state index in [0.717, 1.165) is 13.0 Å². The number of rotatable bonds is 3. The fraction of sp³-hybridized carbons (Fsp3) is 0.533. The molecular formula is C15H22N2O. The molecule has 3 nitrogen and oxygen atoms in total. The van der Waals surface area contributed by atoms with Crippen molar-refractivity contribution in [2.75, 3.05) is 6.54 Å². The Morgan fingerprint density at radius 3 is 2.78 bits per heavy atom. The zero-order valence-corrected chi connectivity index (χ0v) is 11.4. The monoisotopic (exact) mass is 246 g/mol. The summed E-state index contributed by atoms with van der Waals surface area (Å²) >= 11 is 0. The SMILES string of the molecule is Cc1ccccc1C(C)NC(=O)C1CCNC1C. The quantitative estimate of drug-likeness (QED) is 0.858. The van der Waals surface area contributed by atoms with Gasteiger partial charge in [0, 0.05) is 6.04 Å². The van der Waals surface area contributed by atoms with Gasteiger partial charge in [0.2, 0.25) is 5.91 Å². The Hall–Kier alpha value is -1.35. The number of carbonyl (C=O) groups is 1. The molecule has 0 bridgehead atoms. The maximum atomic E-state index is 12.2. The minimum absolute atomic E-state index is 0.0755. The van der Waals surface area contributed by atoms with Gasteiger partial charge in [-0.3, -0.25) is 4.79 Å². The van der Waals surface area contributed by atoms with Gasteiger partial charge in [0.25, 0.3) is 0 Å². The lowest BCUT2D eigenvalue weighted by Gasteiger charge is -2.20. The zero-order chi connectivity index (χ0) is 13.1. The van der Waals surface area contributed by atoms with E-state index in [2.05, 4.69) is 36.6 Å². The number of hydrogen-bond donors (Lipinski definition) is 2. The van der Waals surface area contributed by atoms with Gasteiger partial charge in [-0.15, -0.1) is 0 Å². The first-order chi connectivity index (χ1) is 8.59.